The van der Waals surface area contributed by atoms with Crippen LogP contribution in [0, 0.1) is 17.2 Å². The molecule has 0 fully saturated rings. The molecule has 116 valence electrons. The molecule has 0 aliphatic rings. The number of amides is 1. The fourth-order valence-electron chi connectivity index (χ4n) is 1.84. The Morgan fingerprint density at radius 1 is 1.32 bits per heavy atom. The Labute approximate surface area is 125 Å². The molecule has 1 N–H and O–H groups in total. The van der Waals surface area contributed by atoms with Crippen LogP contribution in [0.15, 0.2) is 30.3 Å². The molecule has 1 aromatic rings. The van der Waals surface area contributed by atoms with Gasteiger partial charge in [0.2, 0.25) is 5.91 Å². The predicted molar refractivity (Wildman–Crippen MR) is 73.3 cm³/mol. The fourth-order valence-corrected chi connectivity index (χ4v) is 1.84. The standard InChI is InChI=1S/C15H13F3N2O2/c1-9(7-13(21)11(8-19)14(22)20-2)10-5-3-4-6-12(10)15(16,17)18/h3-7,11H,1-2H3,(H,20,22)/b9-7+/t11-/m1/s1. The van der Waals surface area contributed by atoms with Crippen molar-refractivity contribution in [2.24, 2.45) is 5.92 Å². The number of nitrogens with one attached hydrogen (secondary N) is 1. The quantitative estimate of drug-likeness (QED) is 0.686. The molecule has 0 saturated carbocycles. The van der Waals surface area contributed by atoms with Gasteiger partial charge in [0.15, 0.2) is 11.7 Å². The first kappa shape index (κ1) is 17.4. The van der Waals surface area contributed by atoms with Crippen LogP contribution in [0.5, 0.6) is 0 Å². The average molecular weight is 310 g/mol. The molecule has 0 spiro atoms. The summed E-state index contributed by atoms with van der Waals surface area (Å²) in [6.07, 6.45) is -3.68. The molecule has 1 amide bonds. The number of allylic oxidation sites excluding steroid dienone is 2. The van der Waals surface area contributed by atoms with E-state index in [9.17, 15) is 22.8 Å². The van der Waals surface area contributed by atoms with Crippen LogP contribution in [0.4, 0.5) is 13.2 Å². The number of benzene rings is 1. The zero-order valence-electron chi connectivity index (χ0n) is 11.9. The summed E-state index contributed by atoms with van der Waals surface area (Å²) >= 11 is 0. The molecule has 0 bridgehead atoms. The Bertz CT molecular complexity index is 657. The van der Waals surface area contributed by atoms with Crippen molar-refractivity contribution in [2.75, 3.05) is 7.05 Å². The zero-order chi connectivity index (χ0) is 16.9. The highest BCUT2D eigenvalue weighted by atomic mass is 19.4. The van der Waals surface area contributed by atoms with Gasteiger partial charge < -0.3 is 5.32 Å². The van der Waals surface area contributed by atoms with E-state index in [0.717, 1.165) is 12.1 Å². The smallest absolute Gasteiger partial charge is 0.358 e. The number of halogens is 3. The van der Waals surface area contributed by atoms with Gasteiger partial charge in [-0.3, -0.25) is 9.59 Å². The molecule has 1 aromatic carbocycles. The van der Waals surface area contributed by atoms with Crippen molar-refractivity contribution in [1.29, 1.82) is 5.26 Å². The summed E-state index contributed by atoms with van der Waals surface area (Å²) in [7, 11) is 1.26. The van der Waals surface area contributed by atoms with Gasteiger partial charge >= 0.3 is 6.18 Å². The van der Waals surface area contributed by atoms with Crippen LogP contribution in [-0.2, 0) is 15.8 Å². The second-order valence-electron chi connectivity index (χ2n) is 4.45. The lowest BCUT2D eigenvalue weighted by Gasteiger charge is -2.13. The number of rotatable bonds is 4. The summed E-state index contributed by atoms with van der Waals surface area (Å²) in [5.74, 6) is -3.25. The van der Waals surface area contributed by atoms with Gasteiger partial charge in [-0.25, -0.2) is 0 Å². The highest BCUT2D eigenvalue weighted by molar-refractivity contribution is 6.11. The minimum atomic E-state index is -4.57. The van der Waals surface area contributed by atoms with Gasteiger partial charge in [-0.1, -0.05) is 18.2 Å². The lowest BCUT2D eigenvalue weighted by molar-refractivity contribution is -0.138. The second kappa shape index (κ2) is 6.89. The molecule has 22 heavy (non-hydrogen) atoms. The monoisotopic (exact) mass is 310 g/mol. The van der Waals surface area contributed by atoms with Crippen LogP contribution in [0.1, 0.15) is 18.1 Å². The van der Waals surface area contributed by atoms with E-state index in [-0.39, 0.29) is 11.1 Å². The molecule has 7 heteroatoms. The van der Waals surface area contributed by atoms with Crippen LogP contribution in [-0.4, -0.2) is 18.7 Å². The van der Waals surface area contributed by atoms with Gasteiger partial charge in [0.25, 0.3) is 0 Å². The van der Waals surface area contributed by atoms with Gasteiger partial charge in [-0.15, -0.1) is 0 Å². The van der Waals surface area contributed by atoms with Crippen molar-refractivity contribution in [3.63, 3.8) is 0 Å². The zero-order valence-corrected chi connectivity index (χ0v) is 11.9. The maximum Gasteiger partial charge on any atom is 0.416 e. The van der Waals surface area contributed by atoms with Gasteiger partial charge in [-0.2, -0.15) is 18.4 Å². The summed E-state index contributed by atoms with van der Waals surface area (Å²) in [5.41, 5.74) is -1.02. The molecule has 0 aliphatic carbocycles. The molecule has 0 unspecified atom stereocenters. The van der Waals surface area contributed by atoms with Crippen molar-refractivity contribution >= 4 is 17.3 Å². The number of hydrogen-bond acceptors (Lipinski definition) is 3. The predicted octanol–water partition coefficient (Wildman–Crippen LogP) is 2.56. The van der Waals surface area contributed by atoms with E-state index in [1.165, 1.54) is 38.2 Å². The van der Waals surface area contributed by atoms with E-state index in [2.05, 4.69) is 5.32 Å². The van der Waals surface area contributed by atoms with Crippen molar-refractivity contribution in [3.8, 4) is 6.07 Å². The Morgan fingerprint density at radius 2 is 1.91 bits per heavy atom. The maximum atomic E-state index is 12.9. The largest absolute Gasteiger partial charge is 0.416 e. The van der Waals surface area contributed by atoms with Gasteiger partial charge in [0.05, 0.1) is 11.6 Å². The summed E-state index contributed by atoms with van der Waals surface area (Å²) in [5, 5.41) is 11.0. The number of nitrogens with zero attached hydrogens (tertiary/aromatic N) is 1. The highest BCUT2D eigenvalue weighted by Crippen LogP contribution is 2.34. The first-order chi connectivity index (χ1) is 10.2. The normalized spacial score (nSPS) is 13.2. The average Bonchev–Trinajstić information content (AvgIpc) is 2.46. The first-order valence-electron chi connectivity index (χ1n) is 6.22. The fraction of sp³-hybridized carbons (Fsp3) is 0.267. The Hall–Kier alpha value is -2.62. The van der Waals surface area contributed by atoms with Crippen LogP contribution in [0.25, 0.3) is 5.57 Å². The highest BCUT2D eigenvalue weighted by Gasteiger charge is 2.33. The number of hydrogen-bond donors (Lipinski definition) is 1. The van der Waals surface area contributed by atoms with Crippen molar-refractivity contribution < 1.29 is 22.8 Å². The van der Waals surface area contributed by atoms with Gasteiger partial charge in [0.1, 0.15) is 0 Å². The van der Waals surface area contributed by atoms with E-state index in [0.29, 0.717) is 0 Å². The van der Waals surface area contributed by atoms with Crippen molar-refractivity contribution in [2.45, 2.75) is 13.1 Å². The number of alkyl halides is 3. The number of ketones is 1. The molecular weight excluding hydrogens is 297 g/mol. The topological polar surface area (TPSA) is 70.0 Å². The lowest BCUT2D eigenvalue weighted by atomic mass is 9.96. The summed E-state index contributed by atoms with van der Waals surface area (Å²) in [6.45, 7) is 1.32. The van der Waals surface area contributed by atoms with E-state index >= 15 is 0 Å². The second-order valence-corrected chi connectivity index (χ2v) is 4.45. The Balaban J connectivity index is 3.22. The molecule has 0 heterocycles. The maximum absolute atomic E-state index is 12.9. The summed E-state index contributed by atoms with van der Waals surface area (Å²) in [6, 6.07) is 6.30. The molecule has 4 nitrogen and oxygen atoms in total. The van der Waals surface area contributed by atoms with Crippen LogP contribution in [0.3, 0.4) is 0 Å². The van der Waals surface area contributed by atoms with Crippen molar-refractivity contribution in [1.82, 2.24) is 5.32 Å². The minimum absolute atomic E-state index is 0.0297. The lowest BCUT2D eigenvalue weighted by Crippen LogP contribution is -2.31. The van der Waals surface area contributed by atoms with E-state index < -0.39 is 29.3 Å². The SMILES string of the molecule is CNC(=O)[C@H](C#N)C(=O)/C=C(\C)c1ccccc1C(F)(F)F. The van der Waals surface area contributed by atoms with Crippen LogP contribution in [0.2, 0.25) is 0 Å². The molecule has 0 radical (unpaired) electrons. The van der Waals surface area contributed by atoms with Crippen LogP contribution < -0.4 is 5.32 Å². The number of carbonyl (C=O) groups is 2. The molecule has 1 atom stereocenters. The number of nitriles is 1. The molecule has 0 aromatic heterocycles. The molecular formula is C15H13F3N2O2. The summed E-state index contributed by atoms with van der Waals surface area (Å²) < 4.78 is 38.8. The molecule has 1 rings (SSSR count). The van der Waals surface area contributed by atoms with E-state index in [1.54, 1.807) is 0 Å². The Kier molecular flexibility index (Phi) is 5.46. The third kappa shape index (κ3) is 3.95. The van der Waals surface area contributed by atoms with Crippen molar-refractivity contribution in [3.05, 3.63) is 41.5 Å². The van der Waals surface area contributed by atoms with E-state index in [1.807, 2.05) is 0 Å². The van der Waals surface area contributed by atoms with Gasteiger partial charge in [-0.05, 0) is 30.2 Å². The van der Waals surface area contributed by atoms with E-state index in [4.69, 9.17) is 5.26 Å². The molecule has 0 aliphatic heterocycles. The Morgan fingerprint density at radius 3 is 2.41 bits per heavy atom. The summed E-state index contributed by atoms with van der Waals surface area (Å²) in [4.78, 5) is 23.2. The number of carbonyl (C=O) groups excluding carboxylic acids is 2. The van der Waals surface area contributed by atoms with Gasteiger partial charge in [0, 0.05) is 7.05 Å². The third-order valence-corrected chi connectivity index (χ3v) is 2.94. The van der Waals surface area contributed by atoms with Crippen LogP contribution >= 0.6 is 0 Å². The minimum Gasteiger partial charge on any atom is -0.358 e. The first-order valence-corrected chi connectivity index (χ1v) is 6.22. The molecule has 0 saturated heterocycles. The third-order valence-electron chi connectivity index (χ3n) is 2.94.